The number of hydrogen-bond donors (Lipinski definition) is 26. The van der Waals surface area contributed by atoms with E-state index in [1.165, 1.54) is 65.5 Å². The molecule has 0 saturated carbocycles. The normalized spacial score (nSPS) is 15.0. The number of phosphoric ester groups is 1. The summed E-state index contributed by atoms with van der Waals surface area (Å²) < 4.78 is 16.3. The van der Waals surface area contributed by atoms with Crippen LogP contribution in [0.25, 0.3) is 10.9 Å². The number of rotatable bonds is 59. The minimum absolute atomic E-state index is 0.0257. The third kappa shape index (κ3) is 37.6. The van der Waals surface area contributed by atoms with Gasteiger partial charge in [-0.3, -0.25) is 90.8 Å². The molecular formula is C84H120N21O27P. The number of carboxylic acid groups (broad SMARTS) is 3. The molecule has 30 N–H and O–H groups in total. The summed E-state index contributed by atoms with van der Waals surface area (Å²) in [4.78, 5) is 292. The maximum Gasteiger partial charge on any atom is 0.469 e. The van der Waals surface area contributed by atoms with Gasteiger partial charge in [0, 0.05) is 61.8 Å². The van der Waals surface area contributed by atoms with E-state index in [0.29, 0.717) is 46.9 Å². The van der Waals surface area contributed by atoms with Crippen LogP contribution in [0.2, 0.25) is 0 Å². The number of nitrogens with two attached hydrogens (primary N) is 4. The molecule has 48 nitrogen and oxygen atoms in total. The Hall–Kier alpha value is -13.7. The summed E-state index contributed by atoms with van der Waals surface area (Å²) in [7, 11) is -5.42. The van der Waals surface area contributed by atoms with Gasteiger partial charge in [0.2, 0.25) is 94.5 Å². The van der Waals surface area contributed by atoms with E-state index in [-0.39, 0.29) is 31.5 Å². The third-order valence-electron chi connectivity index (χ3n) is 21.0. The van der Waals surface area contributed by atoms with E-state index < -0.39 is 293 Å². The Morgan fingerprint density at radius 3 is 1.34 bits per heavy atom. The maximum atomic E-state index is 15.2. The number of unbranched alkanes of at least 4 members (excludes halogenated alkanes) is 1. The molecule has 0 unspecified atom stereocenters. The number of nitrogens with one attached hydrogen (secondary N) is 16. The molecule has 5 aromatic rings. The first-order valence-electron chi connectivity index (χ1n) is 42.6. The lowest BCUT2D eigenvalue weighted by molar-refractivity contribution is -0.142. The van der Waals surface area contributed by atoms with E-state index >= 15 is 4.79 Å². The van der Waals surface area contributed by atoms with Gasteiger partial charge in [0.1, 0.15) is 84.6 Å². The zero-order valence-electron chi connectivity index (χ0n) is 74.2. The van der Waals surface area contributed by atoms with Crippen LogP contribution in [0.4, 0.5) is 0 Å². The first-order valence-corrected chi connectivity index (χ1v) is 44.1. The van der Waals surface area contributed by atoms with Crippen LogP contribution in [0.3, 0.4) is 0 Å². The van der Waals surface area contributed by atoms with Crippen LogP contribution in [0, 0.1) is 17.8 Å². The predicted molar refractivity (Wildman–Crippen MR) is 471 cm³/mol. The summed E-state index contributed by atoms with van der Waals surface area (Å²) in [6.07, 6.45) is -1.05. The number of carbonyl (C=O) groups is 19. The van der Waals surface area contributed by atoms with Gasteiger partial charge in [-0.25, -0.2) is 14.3 Å². The average molecular weight is 1890 g/mol. The second-order valence-corrected chi connectivity index (χ2v) is 33.5. The number of primary amides is 2. The van der Waals surface area contributed by atoms with E-state index in [9.17, 15) is 121 Å². The van der Waals surface area contributed by atoms with Gasteiger partial charge in [-0.1, -0.05) is 127 Å². The fourth-order valence-electron chi connectivity index (χ4n) is 13.3. The molecule has 0 spiro atoms. The van der Waals surface area contributed by atoms with E-state index in [0.717, 1.165) is 0 Å². The van der Waals surface area contributed by atoms with Gasteiger partial charge in [0.25, 0.3) is 0 Å². The zero-order valence-corrected chi connectivity index (χ0v) is 75.1. The second-order valence-electron chi connectivity index (χ2n) is 32.3. The molecule has 0 aliphatic rings. The van der Waals surface area contributed by atoms with Crippen molar-refractivity contribution in [2.45, 2.75) is 229 Å². The summed E-state index contributed by atoms with van der Waals surface area (Å²) in [6.45, 7) is 7.93. The number of nitrogens with zero attached hydrogens (tertiary/aromatic N) is 1. The molecule has 3 aromatic carbocycles. The Morgan fingerprint density at radius 1 is 0.436 bits per heavy atom. The molecule has 0 bridgehead atoms. The number of hydrogen-bond acceptors (Lipinski definition) is 25. The molecule has 5 rings (SSSR count). The lowest BCUT2D eigenvalue weighted by Gasteiger charge is -2.29. The smallest absolute Gasteiger partial charge is 0.469 e. The van der Waals surface area contributed by atoms with Crippen LogP contribution in [0.15, 0.2) is 104 Å². The Bertz CT molecular complexity index is 4910. The number of aliphatic hydroxyl groups is 1. The van der Waals surface area contributed by atoms with Crippen molar-refractivity contribution in [1.29, 1.82) is 0 Å². The molecular weight excluding hydrogens is 1770 g/mol. The van der Waals surface area contributed by atoms with E-state index in [4.69, 9.17) is 22.9 Å². The number of aliphatic carboxylic acids is 3. The standard InChI is InChI=1S/C84H120N21O27P/c1-8-44(6)67(88)81(124)102-61(39-106)79(122)103-62(40-132-133(129,130)131)80(123)105-69(43(4)5)83(126)101-60(36-66(111)112)78(121)104-68(42(2)3)82(125)100-56(32-47-21-13-10-14-22-47)74(117)94-53(27-29-65(109)110)72(115)99-59(35-64(87)108)77(120)97-57(33-48-37-90-51-24-16-15-23-50(48)51)75(118)96-55(31-46-19-11-9-12-20-46)73(116)92-45(7)70(113)93-52(26-28-63(86)107)71(114)98-58(34-49-38-89-41-91-49)76(119)95-54(84(127)128)25-17-18-30-85/h9-16,19-24,37-38,41-45,52-62,67-69,90,106H,8,17-18,25-36,39-40,85,88H2,1-7H3,(H2,86,107)(H2,87,108)(H,89,91)(H,92,116)(H,93,113)(H,94,117)(H,95,119)(H,96,118)(H,97,120)(H,98,114)(H,99,115)(H,100,125)(H,101,126)(H,102,124)(H,103,122)(H,104,121)(H,105,123)(H,109,110)(H,111,112)(H,127,128)(H2,129,130,131)/t44-,45-,52-,53-,54-,55-,56-,57-,58-,59-,60-,61-,62-,67-,68-,69-/m0/s1. The predicted octanol–water partition coefficient (Wildman–Crippen LogP) is -5.55. The summed E-state index contributed by atoms with van der Waals surface area (Å²) in [5, 5.41) is 73.8. The van der Waals surface area contributed by atoms with Crippen LogP contribution in [-0.4, -0.2) is 268 Å². The number of aliphatic hydroxyl groups excluding tert-OH is 1. The van der Waals surface area contributed by atoms with Gasteiger partial charge in [0.15, 0.2) is 0 Å². The van der Waals surface area contributed by atoms with Crippen molar-refractivity contribution in [1.82, 2.24) is 89.4 Å². The topological polar surface area (TPSA) is 789 Å². The van der Waals surface area contributed by atoms with Gasteiger partial charge in [-0.15, -0.1) is 0 Å². The van der Waals surface area contributed by atoms with Crippen molar-refractivity contribution < 1.29 is 130 Å². The number of para-hydroxylation sites is 1. The monoisotopic (exact) mass is 1890 g/mol. The number of carbonyl (C=O) groups excluding carboxylic acids is 16. The van der Waals surface area contributed by atoms with Gasteiger partial charge in [0.05, 0.1) is 44.1 Å². The Balaban J connectivity index is 1.43. The van der Waals surface area contributed by atoms with E-state index in [1.807, 2.05) is 0 Å². The zero-order chi connectivity index (χ0) is 99.1. The minimum Gasteiger partial charge on any atom is -0.481 e. The Kier molecular flexibility index (Phi) is 44.8. The van der Waals surface area contributed by atoms with Gasteiger partial charge in [-0.05, 0) is 86.1 Å². The van der Waals surface area contributed by atoms with Crippen molar-refractivity contribution in [2.75, 3.05) is 19.8 Å². The first-order chi connectivity index (χ1) is 62.7. The number of H-pyrrole nitrogens is 2. The molecule has 0 aliphatic heterocycles. The molecule has 2 aromatic heterocycles. The molecule has 133 heavy (non-hydrogen) atoms. The number of amides is 16. The number of carboxylic acids is 3. The fourth-order valence-corrected chi connectivity index (χ4v) is 13.7. The number of aromatic nitrogens is 3. The molecule has 16 amide bonds. The lowest BCUT2D eigenvalue weighted by Crippen LogP contribution is -2.62. The fraction of sp³-hybridized carbons (Fsp3) is 0.500. The number of fused-ring (bicyclic) bond motifs is 1. The van der Waals surface area contributed by atoms with E-state index in [1.54, 1.807) is 86.6 Å². The highest BCUT2D eigenvalue weighted by molar-refractivity contribution is 7.46. The van der Waals surface area contributed by atoms with Crippen molar-refractivity contribution in [3.05, 3.63) is 126 Å². The van der Waals surface area contributed by atoms with Crippen LogP contribution in [0.1, 0.15) is 135 Å². The molecule has 0 saturated heterocycles. The molecule has 0 radical (unpaired) electrons. The second kappa shape index (κ2) is 54.2. The largest absolute Gasteiger partial charge is 0.481 e. The molecule has 728 valence electrons. The Labute approximate surface area is 763 Å². The quantitative estimate of drug-likeness (QED) is 0.0128. The van der Waals surface area contributed by atoms with E-state index in [2.05, 4.69) is 93.9 Å². The molecule has 49 heteroatoms. The van der Waals surface area contributed by atoms with Crippen LogP contribution >= 0.6 is 7.82 Å². The molecule has 0 fully saturated rings. The lowest BCUT2D eigenvalue weighted by atomic mass is 9.99. The molecule has 2 heterocycles. The highest BCUT2D eigenvalue weighted by atomic mass is 31.2. The summed E-state index contributed by atoms with van der Waals surface area (Å²) >= 11 is 0. The number of benzene rings is 3. The van der Waals surface area contributed by atoms with Gasteiger partial charge in [-0.2, -0.15) is 0 Å². The number of aromatic amines is 2. The maximum absolute atomic E-state index is 15.2. The van der Waals surface area contributed by atoms with Gasteiger partial charge < -0.3 is 138 Å². The van der Waals surface area contributed by atoms with Crippen LogP contribution in [-0.2, 0) is 126 Å². The van der Waals surface area contributed by atoms with Crippen molar-refractivity contribution in [2.24, 2.45) is 40.7 Å². The summed E-state index contributed by atoms with van der Waals surface area (Å²) in [6, 6.07) is -3.82. The van der Waals surface area contributed by atoms with Crippen molar-refractivity contribution >= 4 is 131 Å². The summed E-state index contributed by atoms with van der Waals surface area (Å²) in [5.41, 5.74) is 24.7. The first kappa shape index (κ1) is 110. The average Bonchev–Trinajstić information content (AvgIpc) is 1.21. The number of imidazole rings is 1. The minimum atomic E-state index is -5.42. The molecule has 0 aliphatic carbocycles. The SMILES string of the molecule is CC[C@H](C)[C@H](N)C(=O)N[C@@H](CO)C(=O)N[C@@H](COP(=O)(O)O)C(=O)N[C@H](C(=O)N[C@@H](CC(=O)O)C(=O)N[C@H](C(=O)N[C@@H](Cc1ccccc1)C(=O)N[C@@H](CCC(=O)O)C(=O)N[C@@H](CC(N)=O)C(=O)N[C@@H](Cc1c[nH]c2ccccc12)C(=O)N[C@@H](Cc1ccccc1)C(=O)N[C@@H](C)C(=O)N[C@@H](CCC(N)=O)C(=O)N[C@@H](Cc1c[nH]cn1)C(=O)N[C@@H](CCCCN)C(=O)O)C(C)C)C(C)C. The van der Waals surface area contributed by atoms with Crippen molar-refractivity contribution in [3.8, 4) is 0 Å². The highest BCUT2D eigenvalue weighted by Crippen LogP contribution is 2.36. The third-order valence-corrected chi connectivity index (χ3v) is 21.5. The summed E-state index contributed by atoms with van der Waals surface area (Å²) in [5.74, 6) is -25.7. The van der Waals surface area contributed by atoms with Crippen LogP contribution in [0.5, 0.6) is 0 Å². The highest BCUT2D eigenvalue weighted by Gasteiger charge is 2.41. The van der Waals surface area contributed by atoms with Crippen molar-refractivity contribution in [3.63, 3.8) is 0 Å². The number of phosphoric acid groups is 1. The van der Waals surface area contributed by atoms with Gasteiger partial charge >= 0.3 is 25.7 Å². The Morgan fingerprint density at radius 2 is 0.857 bits per heavy atom. The molecule has 16 atom stereocenters. The van der Waals surface area contributed by atoms with Crippen LogP contribution < -0.4 is 97.4 Å².